The maximum absolute atomic E-state index is 13.4. The third kappa shape index (κ3) is 2.71. The van der Waals surface area contributed by atoms with Gasteiger partial charge in [0.25, 0.3) is 0 Å². The molecular weight excluding hydrogens is 255 g/mol. The molecule has 0 saturated carbocycles. The SMILES string of the molecule is CCc1nc(N)c(C)c(N(CC)c2cccc(F)c2)n1. The van der Waals surface area contributed by atoms with E-state index in [4.69, 9.17) is 5.73 Å². The summed E-state index contributed by atoms with van der Waals surface area (Å²) in [6.07, 6.45) is 0.707. The molecule has 1 heterocycles. The summed E-state index contributed by atoms with van der Waals surface area (Å²) >= 11 is 0. The molecule has 0 radical (unpaired) electrons. The van der Waals surface area contributed by atoms with Gasteiger partial charge < -0.3 is 10.6 Å². The molecule has 0 spiro atoms. The van der Waals surface area contributed by atoms with Gasteiger partial charge in [0.2, 0.25) is 0 Å². The monoisotopic (exact) mass is 274 g/mol. The number of hydrogen-bond acceptors (Lipinski definition) is 4. The predicted molar refractivity (Wildman–Crippen MR) is 79.6 cm³/mol. The molecule has 0 aliphatic heterocycles. The van der Waals surface area contributed by atoms with Gasteiger partial charge in [0.15, 0.2) is 0 Å². The van der Waals surface area contributed by atoms with Crippen molar-refractivity contribution < 1.29 is 4.39 Å². The lowest BCUT2D eigenvalue weighted by Gasteiger charge is -2.24. The number of hydrogen-bond donors (Lipinski definition) is 1. The molecule has 4 nitrogen and oxygen atoms in total. The molecule has 5 heteroatoms. The molecule has 20 heavy (non-hydrogen) atoms. The van der Waals surface area contributed by atoms with Crippen LogP contribution in [0.2, 0.25) is 0 Å². The van der Waals surface area contributed by atoms with Crippen molar-refractivity contribution in [2.24, 2.45) is 0 Å². The van der Waals surface area contributed by atoms with E-state index in [0.717, 1.165) is 17.1 Å². The first-order valence-electron chi connectivity index (χ1n) is 6.72. The maximum atomic E-state index is 13.4. The van der Waals surface area contributed by atoms with E-state index in [9.17, 15) is 4.39 Å². The Labute approximate surface area is 118 Å². The Morgan fingerprint density at radius 1 is 1.25 bits per heavy atom. The summed E-state index contributed by atoms with van der Waals surface area (Å²) in [5.74, 6) is 1.64. The van der Waals surface area contributed by atoms with Crippen LogP contribution in [0.15, 0.2) is 24.3 Å². The Morgan fingerprint density at radius 2 is 2.00 bits per heavy atom. The summed E-state index contributed by atoms with van der Waals surface area (Å²) in [6.45, 7) is 6.52. The van der Waals surface area contributed by atoms with E-state index in [-0.39, 0.29) is 5.82 Å². The molecule has 106 valence electrons. The number of nitrogens with two attached hydrogens (primary N) is 1. The number of rotatable bonds is 4. The van der Waals surface area contributed by atoms with Crippen LogP contribution in [0.3, 0.4) is 0 Å². The van der Waals surface area contributed by atoms with Crippen LogP contribution in [-0.2, 0) is 6.42 Å². The first-order valence-corrected chi connectivity index (χ1v) is 6.72. The Kier molecular flexibility index (Phi) is 4.17. The fraction of sp³-hybridized carbons (Fsp3) is 0.333. The van der Waals surface area contributed by atoms with Crippen molar-refractivity contribution in [2.75, 3.05) is 17.2 Å². The third-order valence-electron chi connectivity index (χ3n) is 3.21. The van der Waals surface area contributed by atoms with Crippen molar-refractivity contribution in [3.63, 3.8) is 0 Å². The second-order valence-corrected chi connectivity index (χ2v) is 4.55. The molecule has 0 atom stereocenters. The summed E-state index contributed by atoms with van der Waals surface area (Å²) in [6, 6.07) is 6.47. The molecule has 0 aliphatic rings. The van der Waals surface area contributed by atoms with Gasteiger partial charge in [-0.3, -0.25) is 0 Å². The number of benzene rings is 1. The van der Waals surface area contributed by atoms with Crippen molar-refractivity contribution in [1.82, 2.24) is 9.97 Å². The predicted octanol–water partition coefficient (Wildman–Crippen LogP) is 3.23. The molecule has 1 aromatic heterocycles. The molecule has 0 unspecified atom stereocenters. The molecule has 0 fully saturated rings. The average Bonchev–Trinajstić information content (AvgIpc) is 2.44. The zero-order chi connectivity index (χ0) is 14.7. The van der Waals surface area contributed by atoms with E-state index in [1.165, 1.54) is 12.1 Å². The van der Waals surface area contributed by atoms with Crippen molar-refractivity contribution in [3.05, 3.63) is 41.5 Å². The van der Waals surface area contributed by atoms with Crippen LogP contribution in [0, 0.1) is 12.7 Å². The highest BCUT2D eigenvalue weighted by atomic mass is 19.1. The van der Waals surface area contributed by atoms with Crippen molar-refractivity contribution in [3.8, 4) is 0 Å². The molecule has 0 bridgehead atoms. The summed E-state index contributed by atoms with van der Waals surface area (Å²) in [5, 5.41) is 0. The highest BCUT2D eigenvalue weighted by Gasteiger charge is 2.15. The fourth-order valence-electron chi connectivity index (χ4n) is 2.09. The second-order valence-electron chi connectivity index (χ2n) is 4.55. The Bertz CT molecular complexity index is 613. The zero-order valence-electron chi connectivity index (χ0n) is 12.0. The zero-order valence-corrected chi connectivity index (χ0v) is 12.0. The molecule has 2 N–H and O–H groups in total. The molecule has 0 saturated heterocycles. The van der Waals surface area contributed by atoms with Crippen molar-refractivity contribution in [1.29, 1.82) is 0 Å². The van der Waals surface area contributed by atoms with Crippen LogP contribution in [0.25, 0.3) is 0 Å². The number of nitrogens with zero attached hydrogens (tertiary/aromatic N) is 3. The first kappa shape index (κ1) is 14.2. The third-order valence-corrected chi connectivity index (χ3v) is 3.21. The molecule has 2 rings (SSSR count). The lowest BCUT2D eigenvalue weighted by Crippen LogP contribution is -2.20. The van der Waals surface area contributed by atoms with E-state index in [0.29, 0.717) is 24.6 Å². The minimum atomic E-state index is -0.267. The summed E-state index contributed by atoms with van der Waals surface area (Å²) in [4.78, 5) is 10.7. The minimum absolute atomic E-state index is 0.267. The Morgan fingerprint density at radius 3 is 2.60 bits per heavy atom. The lowest BCUT2D eigenvalue weighted by atomic mass is 10.2. The maximum Gasteiger partial charge on any atom is 0.141 e. The van der Waals surface area contributed by atoms with E-state index >= 15 is 0 Å². The highest BCUT2D eigenvalue weighted by Crippen LogP contribution is 2.29. The number of nitrogen functional groups attached to an aromatic ring is 1. The van der Waals surface area contributed by atoms with Crippen LogP contribution < -0.4 is 10.6 Å². The summed E-state index contributed by atoms with van der Waals surface area (Å²) in [5.41, 5.74) is 7.52. The smallest absolute Gasteiger partial charge is 0.141 e. The summed E-state index contributed by atoms with van der Waals surface area (Å²) < 4.78 is 13.4. The van der Waals surface area contributed by atoms with Crippen LogP contribution in [0.5, 0.6) is 0 Å². The van der Waals surface area contributed by atoms with Gasteiger partial charge in [0.1, 0.15) is 23.3 Å². The number of aromatic nitrogens is 2. The fourth-order valence-corrected chi connectivity index (χ4v) is 2.09. The van der Waals surface area contributed by atoms with Gasteiger partial charge in [-0.1, -0.05) is 13.0 Å². The molecular formula is C15H19FN4. The van der Waals surface area contributed by atoms with Gasteiger partial charge in [-0.15, -0.1) is 0 Å². The Hall–Kier alpha value is -2.17. The molecule has 2 aromatic rings. The summed E-state index contributed by atoms with van der Waals surface area (Å²) in [7, 11) is 0. The van der Waals surface area contributed by atoms with Crippen molar-refractivity contribution in [2.45, 2.75) is 27.2 Å². The van der Waals surface area contributed by atoms with Gasteiger partial charge >= 0.3 is 0 Å². The average molecular weight is 274 g/mol. The van der Waals surface area contributed by atoms with Crippen LogP contribution >= 0.6 is 0 Å². The second kappa shape index (κ2) is 5.86. The quantitative estimate of drug-likeness (QED) is 0.930. The van der Waals surface area contributed by atoms with Crippen molar-refractivity contribution >= 4 is 17.3 Å². The van der Waals surface area contributed by atoms with E-state index in [1.807, 2.05) is 31.7 Å². The van der Waals surface area contributed by atoms with Crippen LogP contribution in [0.1, 0.15) is 25.2 Å². The lowest BCUT2D eigenvalue weighted by molar-refractivity contribution is 0.627. The normalized spacial score (nSPS) is 10.6. The van der Waals surface area contributed by atoms with E-state index in [1.54, 1.807) is 6.07 Å². The van der Waals surface area contributed by atoms with Gasteiger partial charge in [0, 0.05) is 24.2 Å². The largest absolute Gasteiger partial charge is 0.383 e. The highest BCUT2D eigenvalue weighted by molar-refractivity contribution is 5.66. The standard InChI is InChI=1S/C15H19FN4/c1-4-13-18-14(17)10(3)15(19-13)20(5-2)12-8-6-7-11(16)9-12/h6-9H,4-5H2,1-3H3,(H2,17,18,19). The number of halogens is 1. The van der Waals surface area contributed by atoms with Gasteiger partial charge in [-0.2, -0.15) is 0 Å². The Balaban J connectivity index is 2.54. The number of anilines is 3. The topological polar surface area (TPSA) is 55.0 Å². The van der Waals surface area contributed by atoms with Gasteiger partial charge in [0.05, 0.1) is 0 Å². The minimum Gasteiger partial charge on any atom is -0.383 e. The van der Waals surface area contributed by atoms with Crippen LogP contribution in [-0.4, -0.2) is 16.5 Å². The van der Waals surface area contributed by atoms with Gasteiger partial charge in [-0.25, -0.2) is 14.4 Å². The van der Waals surface area contributed by atoms with Gasteiger partial charge in [-0.05, 0) is 32.0 Å². The first-order chi connectivity index (χ1) is 9.56. The molecule has 1 aromatic carbocycles. The van der Waals surface area contributed by atoms with Crippen LogP contribution in [0.4, 0.5) is 21.7 Å². The van der Waals surface area contributed by atoms with E-state index < -0.39 is 0 Å². The van der Waals surface area contributed by atoms with E-state index in [2.05, 4.69) is 9.97 Å². The molecule has 0 aliphatic carbocycles. The number of aryl methyl sites for hydroxylation is 1. The molecule has 0 amide bonds.